The summed E-state index contributed by atoms with van der Waals surface area (Å²) in [5, 5.41) is 36.2. The largest absolute Gasteiger partial charge is 0.390 e. The van der Waals surface area contributed by atoms with Gasteiger partial charge in [-0.3, -0.25) is 4.68 Å². The molecule has 0 saturated heterocycles. The molecule has 0 aromatic carbocycles. The summed E-state index contributed by atoms with van der Waals surface area (Å²) < 4.78 is 1.76. The third-order valence-electron chi connectivity index (χ3n) is 11.0. The highest BCUT2D eigenvalue weighted by atomic mass is 16.3. The van der Waals surface area contributed by atoms with Gasteiger partial charge in [0.15, 0.2) is 0 Å². The van der Waals surface area contributed by atoms with E-state index in [2.05, 4.69) is 25.0 Å². The van der Waals surface area contributed by atoms with E-state index in [1.165, 1.54) is 44.9 Å². The van der Waals surface area contributed by atoms with E-state index >= 15 is 0 Å². The van der Waals surface area contributed by atoms with Crippen LogP contribution in [0.15, 0.2) is 12.4 Å². The predicted octanol–water partition coefficient (Wildman–Crippen LogP) is 5.31. The lowest BCUT2D eigenvalue weighted by Gasteiger charge is -2.62. The number of rotatable bonds is 4. The fraction of sp³-hybridized carbons (Fsp3) is 0.857. The topological polar surface area (TPSA) is 82.1 Å². The Kier molecular flexibility index (Phi) is 5.93. The molecule has 4 fully saturated rings. The maximum absolute atomic E-state index is 11.8. The Labute approximate surface area is 199 Å². The molecule has 4 saturated carbocycles. The standard InChI is InChI=1S/C28H43N3O2/c1-4-28(33)13-11-21-20(14-28)8-9-23-22(21)10-12-26(2)24(23)6-5-7-25(26)27(3,32)18-31-17-19(15-29)16-30-31/h16-17,20-25,32-33H,4-14,18H2,1-3H3/t20-,21+,22-,23-,24+,25+,26+,27?,28-/m1/s1. The molecule has 1 aromatic rings. The molecule has 0 radical (unpaired) electrons. The van der Waals surface area contributed by atoms with Crippen LogP contribution in [0, 0.1) is 52.3 Å². The molecular formula is C28H43N3O2. The van der Waals surface area contributed by atoms with E-state index in [9.17, 15) is 10.2 Å². The minimum absolute atomic E-state index is 0.166. The second-order valence-electron chi connectivity index (χ2n) is 12.7. The Morgan fingerprint density at radius 3 is 2.67 bits per heavy atom. The minimum atomic E-state index is -0.835. The van der Waals surface area contributed by atoms with Crippen molar-refractivity contribution in [2.24, 2.45) is 40.9 Å². The van der Waals surface area contributed by atoms with Crippen molar-refractivity contribution in [3.05, 3.63) is 18.0 Å². The summed E-state index contributed by atoms with van der Waals surface area (Å²) in [6.45, 7) is 7.10. The first kappa shape index (κ1) is 23.4. The van der Waals surface area contributed by atoms with Gasteiger partial charge in [-0.25, -0.2) is 0 Å². The second kappa shape index (κ2) is 8.38. The number of hydrogen-bond acceptors (Lipinski definition) is 4. The summed E-state index contributed by atoms with van der Waals surface area (Å²) in [4.78, 5) is 0. The SMILES string of the molecule is CC[C@@]1(O)CC[C@H]2[C@H](CC[C@@H]3[C@@H]2CC[C@]2(C)[C@@H](C(C)(O)Cn4cc(C#N)cn4)CCC[C@@H]32)C1. The molecule has 0 spiro atoms. The molecular weight excluding hydrogens is 410 g/mol. The summed E-state index contributed by atoms with van der Waals surface area (Å²) in [6.07, 6.45) is 16.2. The van der Waals surface area contributed by atoms with E-state index in [1.54, 1.807) is 17.1 Å². The van der Waals surface area contributed by atoms with Gasteiger partial charge in [-0.2, -0.15) is 10.4 Å². The number of nitriles is 1. The van der Waals surface area contributed by atoms with Crippen LogP contribution in [-0.2, 0) is 6.54 Å². The van der Waals surface area contributed by atoms with E-state index in [1.807, 2.05) is 6.92 Å². The molecule has 4 aliphatic carbocycles. The van der Waals surface area contributed by atoms with Gasteiger partial charge in [0.2, 0.25) is 0 Å². The van der Waals surface area contributed by atoms with Gasteiger partial charge in [0, 0.05) is 6.20 Å². The average Bonchev–Trinajstić information content (AvgIpc) is 3.24. The quantitative estimate of drug-likeness (QED) is 0.648. The van der Waals surface area contributed by atoms with Crippen molar-refractivity contribution < 1.29 is 10.2 Å². The lowest BCUT2D eigenvalue weighted by molar-refractivity contribution is -0.171. The van der Waals surface area contributed by atoms with E-state index in [0.717, 1.165) is 43.4 Å². The number of nitrogens with zero attached hydrogens (tertiary/aromatic N) is 3. The van der Waals surface area contributed by atoms with Crippen molar-refractivity contribution in [2.75, 3.05) is 0 Å². The number of aromatic nitrogens is 2. The van der Waals surface area contributed by atoms with Crippen molar-refractivity contribution >= 4 is 0 Å². The van der Waals surface area contributed by atoms with Crippen LogP contribution in [0.3, 0.4) is 0 Å². The first-order valence-corrected chi connectivity index (χ1v) is 13.6. The molecule has 4 aliphatic rings. The monoisotopic (exact) mass is 453 g/mol. The summed E-state index contributed by atoms with van der Waals surface area (Å²) in [6, 6.07) is 2.15. The summed E-state index contributed by atoms with van der Waals surface area (Å²) in [5.74, 6) is 4.07. The molecule has 0 aliphatic heterocycles. The van der Waals surface area contributed by atoms with Crippen LogP contribution in [0.25, 0.3) is 0 Å². The van der Waals surface area contributed by atoms with Gasteiger partial charge in [-0.15, -0.1) is 0 Å². The fourth-order valence-electron chi connectivity index (χ4n) is 9.45. The molecule has 1 aromatic heterocycles. The second-order valence-corrected chi connectivity index (χ2v) is 12.7. The first-order valence-electron chi connectivity index (χ1n) is 13.6. The van der Waals surface area contributed by atoms with E-state index in [-0.39, 0.29) is 11.3 Å². The predicted molar refractivity (Wildman–Crippen MR) is 128 cm³/mol. The zero-order valence-electron chi connectivity index (χ0n) is 20.8. The van der Waals surface area contributed by atoms with Gasteiger partial charge in [0.1, 0.15) is 6.07 Å². The van der Waals surface area contributed by atoms with Crippen LogP contribution >= 0.6 is 0 Å². The van der Waals surface area contributed by atoms with Gasteiger partial charge < -0.3 is 10.2 Å². The fourth-order valence-corrected chi connectivity index (χ4v) is 9.45. The zero-order chi connectivity index (χ0) is 23.4. The van der Waals surface area contributed by atoms with E-state index in [4.69, 9.17) is 5.26 Å². The normalized spacial score (nSPS) is 44.6. The van der Waals surface area contributed by atoms with Crippen LogP contribution in [-0.4, -0.2) is 31.2 Å². The number of hydrogen-bond donors (Lipinski definition) is 2. The molecule has 0 bridgehead atoms. The third kappa shape index (κ3) is 3.96. The van der Waals surface area contributed by atoms with Crippen molar-refractivity contribution in [2.45, 2.75) is 109 Å². The highest BCUT2D eigenvalue weighted by molar-refractivity contribution is 5.21. The molecule has 5 heteroatoms. The molecule has 1 unspecified atom stereocenters. The third-order valence-corrected chi connectivity index (χ3v) is 11.0. The van der Waals surface area contributed by atoms with Gasteiger partial charge >= 0.3 is 0 Å². The average molecular weight is 454 g/mol. The van der Waals surface area contributed by atoms with Crippen molar-refractivity contribution in [1.29, 1.82) is 5.26 Å². The minimum Gasteiger partial charge on any atom is -0.390 e. The molecule has 5 rings (SSSR count). The van der Waals surface area contributed by atoms with Crippen molar-refractivity contribution in [3.63, 3.8) is 0 Å². The Hall–Kier alpha value is -1.38. The van der Waals surface area contributed by atoms with Gasteiger partial charge in [0.25, 0.3) is 0 Å². The van der Waals surface area contributed by atoms with Crippen LogP contribution in [0.5, 0.6) is 0 Å². The molecule has 1 heterocycles. The maximum Gasteiger partial charge on any atom is 0.102 e. The number of aliphatic hydroxyl groups is 2. The highest BCUT2D eigenvalue weighted by Gasteiger charge is 2.59. The summed E-state index contributed by atoms with van der Waals surface area (Å²) >= 11 is 0. The molecule has 9 atom stereocenters. The van der Waals surface area contributed by atoms with Crippen LogP contribution < -0.4 is 0 Å². The van der Waals surface area contributed by atoms with Gasteiger partial charge in [0.05, 0.1) is 29.5 Å². The molecule has 0 amide bonds. The smallest absolute Gasteiger partial charge is 0.102 e. The molecule has 2 N–H and O–H groups in total. The molecule has 5 nitrogen and oxygen atoms in total. The van der Waals surface area contributed by atoms with E-state index in [0.29, 0.717) is 23.9 Å². The summed E-state index contributed by atoms with van der Waals surface area (Å²) in [5.41, 5.74) is -0.527. The lowest BCUT2D eigenvalue weighted by atomic mass is 9.43. The molecule has 33 heavy (non-hydrogen) atoms. The van der Waals surface area contributed by atoms with Gasteiger partial charge in [-0.1, -0.05) is 20.3 Å². The van der Waals surface area contributed by atoms with Crippen LogP contribution in [0.1, 0.15) is 97.0 Å². The highest BCUT2D eigenvalue weighted by Crippen LogP contribution is 2.64. The maximum atomic E-state index is 11.8. The first-order chi connectivity index (χ1) is 15.7. The van der Waals surface area contributed by atoms with Crippen LogP contribution in [0.4, 0.5) is 0 Å². The Bertz CT molecular complexity index is 903. The Morgan fingerprint density at radius 1 is 1.15 bits per heavy atom. The van der Waals surface area contributed by atoms with Crippen molar-refractivity contribution in [1.82, 2.24) is 9.78 Å². The Morgan fingerprint density at radius 2 is 1.94 bits per heavy atom. The van der Waals surface area contributed by atoms with Gasteiger partial charge in [-0.05, 0) is 112 Å². The lowest BCUT2D eigenvalue weighted by Crippen LogP contribution is -2.58. The summed E-state index contributed by atoms with van der Waals surface area (Å²) in [7, 11) is 0. The molecule has 182 valence electrons. The van der Waals surface area contributed by atoms with Crippen LogP contribution in [0.2, 0.25) is 0 Å². The Balaban J connectivity index is 1.35. The van der Waals surface area contributed by atoms with E-state index < -0.39 is 11.2 Å². The van der Waals surface area contributed by atoms with Crippen molar-refractivity contribution in [3.8, 4) is 6.07 Å². The number of fused-ring (bicyclic) bond motifs is 5. The zero-order valence-corrected chi connectivity index (χ0v) is 20.8.